The highest BCUT2D eigenvalue weighted by Crippen LogP contribution is 2.50. The molecule has 1 saturated heterocycles. The Morgan fingerprint density at radius 1 is 1.04 bits per heavy atom. The number of aliphatic hydroxyl groups is 1. The number of anilines is 1. The van der Waals surface area contributed by atoms with Crippen molar-refractivity contribution in [1.82, 2.24) is 0 Å². The maximum absolute atomic E-state index is 13.0. The van der Waals surface area contributed by atoms with Crippen molar-refractivity contribution in [2.75, 3.05) is 12.0 Å². The monoisotopic (exact) mass is 346 g/mol. The van der Waals surface area contributed by atoms with Crippen LogP contribution < -0.4 is 9.64 Å². The fraction of sp³-hybridized carbons (Fsp3) is 0.182. The molecular formula is C22H20NO3. The Morgan fingerprint density at radius 2 is 1.69 bits per heavy atom. The maximum Gasteiger partial charge on any atom is 0.262 e. The molecule has 0 aromatic heterocycles. The van der Waals surface area contributed by atoms with Crippen LogP contribution in [0.2, 0.25) is 0 Å². The molecule has 2 fully saturated rings. The number of ether oxygens (including phenoxy) is 1. The molecule has 26 heavy (non-hydrogen) atoms. The highest BCUT2D eigenvalue weighted by atomic mass is 16.5. The molecule has 0 bridgehead atoms. The van der Waals surface area contributed by atoms with Gasteiger partial charge in [0, 0.05) is 5.69 Å². The van der Waals surface area contributed by atoms with Gasteiger partial charge < -0.3 is 9.84 Å². The van der Waals surface area contributed by atoms with Gasteiger partial charge in [-0.2, -0.15) is 0 Å². The summed E-state index contributed by atoms with van der Waals surface area (Å²) in [5.41, 5.74) is 0.212. The summed E-state index contributed by atoms with van der Waals surface area (Å²) < 4.78 is 5.20. The lowest BCUT2D eigenvalue weighted by molar-refractivity contribution is -0.154. The van der Waals surface area contributed by atoms with Crippen molar-refractivity contribution in [3.05, 3.63) is 91.8 Å². The van der Waals surface area contributed by atoms with Crippen LogP contribution in [0.5, 0.6) is 5.75 Å². The van der Waals surface area contributed by atoms with Crippen molar-refractivity contribution in [3.8, 4) is 5.75 Å². The molecule has 2 atom stereocenters. The standard InChI is InChI=1S/C22H20NO3/c1-26-19-13-11-18(12-14-19)23-20(17-9-3-2-4-10-17)22(25,21(23)24)15-16-7-5-6-8-16/h2-14,20,25H,15H2,1H3/t20-,22-/m1/s1. The largest absolute Gasteiger partial charge is 0.497 e. The number of hydrogen-bond donors (Lipinski definition) is 1. The number of nitrogens with zero attached hydrogens (tertiary/aromatic N) is 1. The van der Waals surface area contributed by atoms with Crippen molar-refractivity contribution in [2.45, 2.75) is 18.1 Å². The van der Waals surface area contributed by atoms with Crippen molar-refractivity contribution in [3.63, 3.8) is 0 Å². The van der Waals surface area contributed by atoms with Crippen LogP contribution >= 0.6 is 0 Å². The van der Waals surface area contributed by atoms with E-state index in [1.807, 2.05) is 80.3 Å². The van der Waals surface area contributed by atoms with E-state index in [-0.39, 0.29) is 5.91 Å². The van der Waals surface area contributed by atoms with Crippen LogP contribution in [0.3, 0.4) is 0 Å². The van der Waals surface area contributed by atoms with E-state index in [0.717, 1.165) is 22.9 Å². The number of benzene rings is 2. The first-order valence-electron chi connectivity index (χ1n) is 8.59. The Hall–Kier alpha value is -2.33. The molecule has 1 saturated carbocycles. The molecule has 2 aliphatic rings. The molecule has 4 heteroatoms. The smallest absolute Gasteiger partial charge is 0.262 e. The highest BCUT2D eigenvalue weighted by Gasteiger charge is 2.61. The van der Waals surface area contributed by atoms with Crippen LogP contribution in [0.25, 0.3) is 0 Å². The van der Waals surface area contributed by atoms with Gasteiger partial charge in [-0.25, -0.2) is 0 Å². The van der Waals surface area contributed by atoms with E-state index in [9.17, 15) is 9.90 Å². The third-order valence-corrected chi connectivity index (χ3v) is 4.97. The summed E-state index contributed by atoms with van der Waals surface area (Å²) >= 11 is 0. The first-order valence-corrected chi connectivity index (χ1v) is 8.59. The maximum atomic E-state index is 13.0. The van der Waals surface area contributed by atoms with Gasteiger partial charge in [0.1, 0.15) is 5.75 Å². The second kappa shape index (κ2) is 6.76. The predicted octanol–water partition coefficient (Wildman–Crippen LogP) is 3.31. The molecule has 1 N–H and O–H groups in total. The second-order valence-electron chi connectivity index (χ2n) is 6.58. The lowest BCUT2D eigenvalue weighted by atomic mass is 9.72. The van der Waals surface area contributed by atoms with E-state index in [2.05, 4.69) is 0 Å². The topological polar surface area (TPSA) is 49.8 Å². The summed E-state index contributed by atoms with van der Waals surface area (Å²) in [6, 6.07) is 16.6. The minimum Gasteiger partial charge on any atom is -0.497 e. The predicted molar refractivity (Wildman–Crippen MR) is 99.7 cm³/mol. The number of β-lactam (4-membered cyclic amide) rings is 1. The lowest BCUT2D eigenvalue weighted by Gasteiger charge is -2.54. The molecule has 1 heterocycles. The van der Waals surface area contributed by atoms with E-state index < -0.39 is 11.6 Å². The lowest BCUT2D eigenvalue weighted by Crippen LogP contribution is -2.69. The summed E-state index contributed by atoms with van der Waals surface area (Å²) in [5.74, 6) is 1.40. The Balaban J connectivity index is 1.68. The first-order chi connectivity index (χ1) is 12.6. The second-order valence-corrected chi connectivity index (χ2v) is 6.58. The van der Waals surface area contributed by atoms with Crippen molar-refractivity contribution in [1.29, 1.82) is 0 Å². The molecule has 0 spiro atoms. The Labute approximate surface area is 154 Å². The van der Waals surface area contributed by atoms with Crippen LogP contribution in [0, 0.1) is 31.6 Å². The number of carbonyl (C=O) groups is 1. The van der Waals surface area contributed by atoms with E-state index in [1.54, 1.807) is 12.0 Å². The van der Waals surface area contributed by atoms with Crippen LogP contribution in [0.15, 0.2) is 54.6 Å². The molecule has 5 radical (unpaired) electrons. The molecule has 131 valence electrons. The van der Waals surface area contributed by atoms with Gasteiger partial charge in [0.15, 0.2) is 5.60 Å². The van der Waals surface area contributed by atoms with Gasteiger partial charge in [-0.3, -0.25) is 9.69 Å². The normalized spacial score (nSPS) is 26.0. The summed E-state index contributed by atoms with van der Waals surface area (Å²) in [6.45, 7) is 0. The molecule has 2 aromatic carbocycles. The van der Waals surface area contributed by atoms with Crippen LogP contribution in [-0.2, 0) is 4.79 Å². The fourth-order valence-electron chi connectivity index (χ4n) is 3.67. The average Bonchev–Trinajstić information content (AvgIpc) is 3.19. The number of rotatable bonds is 5. The summed E-state index contributed by atoms with van der Waals surface area (Å²) in [6.07, 6.45) is 8.00. The van der Waals surface area contributed by atoms with E-state index >= 15 is 0 Å². The molecule has 1 amide bonds. The van der Waals surface area contributed by atoms with E-state index in [0.29, 0.717) is 6.42 Å². The molecular weight excluding hydrogens is 326 g/mol. The summed E-state index contributed by atoms with van der Waals surface area (Å²) in [4.78, 5) is 14.7. The molecule has 1 aliphatic heterocycles. The van der Waals surface area contributed by atoms with E-state index in [4.69, 9.17) is 4.74 Å². The van der Waals surface area contributed by atoms with Crippen LogP contribution in [0.1, 0.15) is 18.0 Å². The third-order valence-electron chi connectivity index (χ3n) is 4.97. The molecule has 2 aromatic rings. The zero-order chi connectivity index (χ0) is 18.1. The van der Waals surface area contributed by atoms with Gasteiger partial charge in [-0.05, 0) is 67.9 Å². The van der Waals surface area contributed by atoms with Crippen molar-refractivity contribution < 1.29 is 14.6 Å². The number of methoxy groups -OCH3 is 1. The molecule has 4 rings (SSSR count). The van der Waals surface area contributed by atoms with E-state index in [1.165, 1.54) is 0 Å². The van der Waals surface area contributed by atoms with Gasteiger partial charge in [0.25, 0.3) is 5.91 Å². The average molecular weight is 346 g/mol. The van der Waals surface area contributed by atoms with Crippen LogP contribution in [0.4, 0.5) is 5.69 Å². The zero-order valence-corrected chi connectivity index (χ0v) is 14.5. The van der Waals surface area contributed by atoms with Crippen molar-refractivity contribution in [2.24, 2.45) is 0 Å². The van der Waals surface area contributed by atoms with Crippen LogP contribution in [-0.4, -0.2) is 23.7 Å². The van der Waals surface area contributed by atoms with Gasteiger partial charge in [-0.15, -0.1) is 0 Å². The fourth-order valence-corrected chi connectivity index (χ4v) is 3.67. The Bertz CT molecular complexity index is 768. The van der Waals surface area contributed by atoms with Crippen molar-refractivity contribution >= 4 is 11.6 Å². The summed E-state index contributed by atoms with van der Waals surface area (Å²) in [7, 11) is 1.61. The zero-order valence-electron chi connectivity index (χ0n) is 14.5. The number of hydrogen-bond acceptors (Lipinski definition) is 3. The molecule has 4 nitrogen and oxygen atoms in total. The molecule has 1 aliphatic carbocycles. The van der Waals surface area contributed by atoms with Gasteiger partial charge in [-0.1, -0.05) is 30.3 Å². The minimum absolute atomic E-state index is 0.280. The third kappa shape index (κ3) is 2.78. The minimum atomic E-state index is -1.45. The summed E-state index contributed by atoms with van der Waals surface area (Å²) in [5, 5.41) is 11.3. The highest BCUT2D eigenvalue weighted by molar-refractivity contribution is 6.08. The van der Waals surface area contributed by atoms with Gasteiger partial charge in [0.2, 0.25) is 0 Å². The Kier molecular flexibility index (Phi) is 4.45. The Morgan fingerprint density at radius 3 is 2.31 bits per heavy atom. The molecule has 0 unspecified atom stereocenters. The van der Waals surface area contributed by atoms with Gasteiger partial charge >= 0.3 is 0 Å². The number of amides is 1. The quantitative estimate of drug-likeness (QED) is 0.845. The SMILES string of the molecule is COc1ccc(N2C(=O)[C@@](O)(C[C]3[CH][CH][CH][CH]3)[C@H]2c2ccccc2)cc1. The van der Waals surface area contributed by atoms with Gasteiger partial charge in [0.05, 0.1) is 13.2 Å². The number of carbonyl (C=O) groups excluding carboxylic acids is 1. The first kappa shape index (κ1) is 17.1.